The molecular weight excluding hydrogens is 236 g/mol. The summed E-state index contributed by atoms with van der Waals surface area (Å²) in [6.07, 6.45) is 4.49. The summed E-state index contributed by atoms with van der Waals surface area (Å²) in [6, 6.07) is 0. The number of likely N-dealkylation sites (tertiary alicyclic amines) is 1. The summed E-state index contributed by atoms with van der Waals surface area (Å²) >= 11 is 0. The van der Waals surface area contributed by atoms with Gasteiger partial charge in [-0.15, -0.1) is 0 Å². The number of hydrogen-bond acceptors (Lipinski definition) is 5. The van der Waals surface area contributed by atoms with E-state index in [1.165, 1.54) is 10.9 Å². The van der Waals surface area contributed by atoms with Crippen molar-refractivity contribution in [3.63, 3.8) is 0 Å². The molecule has 2 amide bonds. The van der Waals surface area contributed by atoms with Gasteiger partial charge in [-0.1, -0.05) is 0 Å². The van der Waals surface area contributed by atoms with E-state index in [4.69, 9.17) is 5.73 Å². The van der Waals surface area contributed by atoms with Crippen molar-refractivity contribution in [2.75, 3.05) is 6.54 Å². The molecule has 1 saturated heterocycles. The van der Waals surface area contributed by atoms with Gasteiger partial charge in [0, 0.05) is 25.5 Å². The molecule has 1 aliphatic rings. The molecular formula is C11H13N4O3. The van der Waals surface area contributed by atoms with Crippen LogP contribution in [0.2, 0.25) is 0 Å². The predicted octanol–water partition coefficient (Wildman–Crippen LogP) is -0.858. The number of nitrogens with zero attached hydrogens (tertiary/aromatic N) is 3. The fourth-order valence-corrected chi connectivity index (χ4v) is 1.90. The quantitative estimate of drug-likeness (QED) is 0.685. The Morgan fingerprint density at radius 2 is 2.06 bits per heavy atom. The monoisotopic (exact) mass is 249 g/mol. The first-order valence-electron chi connectivity index (χ1n) is 5.62. The molecule has 95 valence electrons. The summed E-state index contributed by atoms with van der Waals surface area (Å²) in [5, 5.41) is 0. The molecule has 1 radical (unpaired) electrons. The van der Waals surface area contributed by atoms with Crippen molar-refractivity contribution >= 4 is 18.1 Å². The highest BCUT2D eigenvalue weighted by molar-refractivity contribution is 6.03. The van der Waals surface area contributed by atoms with Crippen LogP contribution in [0, 0.1) is 0 Å². The third kappa shape index (κ3) is 2.17. The molecule has 2 N–H and O–H groups in total. The van der Waals surface area contributed by atoms with Crippen molar-refractivity contribution in [1.29, 1.82) is 0 Å². The van der Waals surface area contributed by atoms with Crippen LogP contribution in [0.5, 0.6) is 0 Å². The molecule has 1 aliphatic heterocycles. The van der Waals surface area contributed by atoms with Crippen LogP contribution in [0.15, 0.2) is 12.5 Å². The Labute approximate surface area is 104 Å². The fraction of sp³-hybridized carbons (Fsp3) is 0.455. The lowest BCUT2D eigenvalue weighted by molar-refractivity contribution is -0.141. The first-order chi connectivity index (χ1) is 8.67. The SMILES string of the molecule is NCCc1cn(C([C]=O)N2C(=O)CCC2=O)cn1. The summed E-state index contributed by atoms with van der Waals surface area (Å²) < 4.78 is 1.40. The van der Waals surface area contributed by atoms with E-state index in [2.05, 4.69) is 4.98 Å². The fourth-order valence-electron chi connectivity index (χ4n) is 1.90. The van der Waals surface area contributed by atoms with Gasteiger partial charge in [0.2, 0.25) is 18.1 Å². The zero-order valence-corrected chi connectivity index (χ0v) is 9.70. The Morgan fingerprint density at radius 1 is 1.39 bits per heavy atom. The van der Waals surface area contributed by atoms with E-state index in [1.54, 1.807) is 12.5 Å². The van der Waals surface area contributed by atoms with Gasteiger partial charge in [-0.3, -0.25) is 19.3 Å². The smallest absolute Gasteiger partial charge is 0.246 e. The van der Waals surface area contributed by atoms with E-state index < -0.39 is 6.17 Å². The lowest BCUT2D eigenvalue weighted by Gasteiger charge is -2.21. The van der Waals surface area contributed by atoms with E-state index in [9.17, 15) is 14.4 Å². The maximum Gasteiger partial charge on any atom is 0.246 e. The number of carbonyl (C=O) groups is 2. The van der Waals surface area contributed by atoms with Gasteiger partial charge in [0.1, 0.15) is 0 Å². The van der Waals surface area contributed by atoms with Crippen LogP contribution >= 0.6 is 0 Å². The minimum atomic E-state index is -1.06. The first kappa shape index (κ1) is 12.4. The molecule has 1 aromatic rings. The molecule has 1 fully saturated rings. The molecule has 0 bridgehead atoms. The second kappa shape index (κ2) is 5.09. The highest BCUT2D eigenvalue weighted by Crippen LogP contribution is 2.21. The molecule has 1 unspecified atom stereocenters. The Morgan fingerprint density at radius 3 is 2.61 bits per heavy atom. The molecule has 0 aromatic carbocycles. The molecule has 0 spiro atoms. The Balaban J connectivity index is 2.24. The van der Waals surface area contributed by atoms with E-state index in [0.717, 1.165) is 4.90 Å². The molecule has 1 aromatic heterocycles. The standard InChI is InChI=1S/C11H13N4O3/c12-4-3-8-5-14(7-13-8)9(6-16)15-10(17)1-2-11(15)18/h5,7,9H,1-4,12H2. The number of hydrogen-bond donors (Lipinski definition) is 1. The van der Waals surface area contributed by atoms with Crippen molar-refractivity contribution < 1.29 is 14.4 Å². The number of amides is 2. The van der Waals surface area contributed by atoms with Crippen molar-refractivity contribution in [2.45, 2.75) is 25.4 Å². The van der Waals surface area contributed by atoms with Gasteiger partial charge in [-0.05, 0) is 6.54 Å². The molecule has 2 heterocycles. The van der Waals surface area contributed by atoms with Crippen LogP contribution in [0.4, 0.5) is 0 Å². The van der Waals surface area contributed by atoms with Gasteiger partial charge in [0.05, 0.1) is 12.0 Å². The number of aromatic nitrogens is 2. The van der Waals surface area contributed by atoms with Crippen LogP contribution in [0.25, 0.3) is 0 Å². The summed E-state index contributed by atoms with van der Waals surface area (Å²) in [7, 11) is 0. The Kier molecular flexibility index (Phi) is 3.52. The van der Waals surface area contributed by atoms with E-state index in [-0.39, 0.29) is 24.7 Å². The predicted molar refractivity (Wildman–Crippen MR) is 60.8 cm³/mol. The topological polar surface area (TPSA) is 98.3 Å². The van der Waals surface area contributed by atoms with Crippen molar-refractivity contribution in [2.24, 2.45) is 5.73 Å². The van der Waals surface area contributed by atoms with Crippen molar-refractivity contribution in [3.8, 4) is 0 Å². The zero-order valence-electron chi connectivity index (χ0n) is 9.70. The summed E-state index contributed by atoms with van der Waals surface area (Å²) in [6.45, 7) is 0.439. The minimum Gasteiger partial charge on any atom is -0.330 e. The summed E-state index contributed by atoms with van der Waals surface area (Å²) in [5.74, 6) is -0.718. The van der Waals surface area contributed by atoms with Crippen molar-refractivity contribution in [1.82, 2.24) is 14.5 Å². The molecule has 0 aliphatic carbocycles. The maximum absolute atomic E-state index is 11.6. The highest BCUT2D eigenvalue weighted by Gasteiger charge is 2.36. The van der Waals surface area contributed by atoms with Crippen LogP contribution in [-0.2, 0) is 20.8 Å². The largest absolute Gasteiger partial charge is 0.330 e. The second-order valence-electron chi connectivity index (χ2n) is 4.00. The molecule has 7 nitrogen and oxygen atoms in total. The van der Waals surface area contributed by atoms with Crippen LogP contribution in [0.3, 0.4) is 0 Å². The summed E-state index contributed by atoms with van der Waals surface area (Å²) in [4.78, 5) is 39.1. The summed E-state index contributed by atoms with van der Waals surface area (Å²) in [5.41, 5.74) is 6.10. The third-order valence-electron chi connectivity index (χ3n) is 2.78. The number of imide groups is 1. The van der Waals surface area contributed by atoms with Gasteiger partial charge < -0.3 is 10.3 Å². The van der Waals surface area contributed by atoms with Crippen LogP contribution < -0.4 is 5.73 Å². The Bertz CT molecular complexity index is 466. The second-order valence-corrected chi connectivity index (χ2v) is 4.00. The maximum atomic E-state index is 11.6. The molecule has 0 saturated carbocycles. The number of nitrogens with two attached hydrogens (primary N) is 1. The molecule has 7 heteroatoms. The van der Waals surface area contributed by atoms with E-state index >= 15 is 0 Å². The van der Waals surface area contributed by atoms with Gasteiger partial charge in [-0.25, -0.2) is 4.98 Å². The van der Waals surface area contributed by atoms with Gasteiger partial charge >= 0.3 is 0 Å². The van der Waals surface area contributed by atoms with Gasteiger partial charge in [-0.2, -0.15) is 0 Å². The molecule has 18 heavy (non-hydrogen) atoms. The van der Waals surface area contributed by atoms with E-state index in [0.29, 0.717) is 18.7 Å². The lowest BCUT2D eigenvalue weighted by Crippen LogP contribution is -2.37. The number of imidazole rings is 1. The normalized spacial score (nSPS) is 17.3. The molecule has 1 atom stereocenters. The van der Waals surface area contributed by atoms with Gasteiger partial charge in [0.25, 0.3) is 0 Å². The van der Waals surface area contributed by atoms with Crippen molar-refractivity contribution in [3.05, 3.63) is 18.2 Å². The van der Waals surface area contributed by atoms with Crippen LogP contribution in [0.1, 0.15) is 24.7 Å². The van der Waals surface area contributed by atoms with Gasteiger partial charge in [0.15, 0.2) is 6.17 Å². The number of rotatable bonds is 5. The van der Waals surface area contributed by atoms with E-state index in [1.807, 2.05) is 0 Å². The Hall–Kier alpha value is -2.02. The van der Waals surface area contributed by atoms with Crippen LogP contribution in [-0.4, -0.2) is 39.1 Å². The highest BCUT2D eigenvalue weighted by atomic mass is 16.2. The third-order valence-corrected chi connectivity index (χ3v) is 2.78. The average Bonchev–Trinajstić information content (AvgIpc) is 2.92. The average molecular weight is 249 g/mol. The zero-order chi connectivity index (χ0) is 13.1. The lowest BCUT2D eigenvalue weighted by atomic mass is 10.3. The minimum absolute atomic E-state index is 0.140. The molecule has 2 rings (SSSR count). The first-order valence-corrected chi connectivity index (χ1v) is 5.62. The number of carbonyl (C=O) groups excluding carboxylic acids is 3.